The van der Waals surface area contributed by atoms with Crippen LogP contribution in [0.1, 0.15) is 32.1 Å². The molecule has 0 saturated heterocycles. The van der Waals surface area contributed by atoms with Gasteiger partial charge in [0.1, 0.15) is 11.6 Å². The van der Waals surface area contributed by atoms with Crippen LogP contribution >= 0.6 is 0 Å². The predicted octanol–water partition coefficient (Wildman–Crippen LogP) is 3.62. The van der Waals surface area contributed by atoms with Crippen molar-refractivity contribution in [1.29, 1.82) is 0 Å². The summed E-state index contributed by atoms with van der Waals surface area (Å²) in [6, 6.07) is 8.14. The van der Waals surface area contributed by atoms with Crippen LogP contribution in [-0.2, 0) is 0 Å². The normalized spacial score (nSPS) is 17.4. The first-order valence-electron chi connectivity index (χ1n) is 6.39. The number of phenolic OH excluding ortho intramolecular Hbond substituents is 1. The molecule has 0 radical (unpaired) electrons. The second kappa shape index (κ2) is 4.32. The molecule has 3 N–H and O–H groups in total. The van der Waals surface area contributed by atoms with E-state index in [1.165, 1.54) is 32.1 Å². The SMILES string of the molecule is Oc1ccc2cc(NC3CCCCC3)[nH]c2c1. The van der Waals surface area contributed by atoms with Crippen LogP contribution in [0.2, 0.25) is 0 Å². The number of rotatable bonds is 2. The molecular weight excluding hydrogens is 212 g/mol. The zero-order chi connectivity index (χ0) is 11.7. The second-order valence-electron chi connectivity index (χ2n) is 4.93. The minimum absolute atomic E-state index is 0.309. The lowest BCUT2D eigenvalue weighted by molar-refractivity contribution is 0.462. The summed E-state index contributed by atoms with van der Waals surface area (Å²) in [5, 5.41) is 14.1. The molecule has 3 rings (SSSR count). The number of benzene rings is 1. The first-order chi connectivity index (χ1) is 8.31. The molecule has 0 unspecified atom stereocenters. The van der Waals surface area contributed by atoms with Gasteiger partial charge in [0.25, 0.3) is 0 Å². The third-order valence-electron chi connectivity index (χ3n) is 3.57. The van der Waals surface area contributed by atoms with Gasteiger partial charge in [-0.25, -0.2) is 0 Å². The Labute approximate surface area is 101 Å². The largest absolute Gasteiger partial charge is 0.508 e. The summed E-state index contributed by atoms with van der Waals surface area (Å²) in [5.41, 5.74) is 0.989. The molecular formula is C14H18N2O. The molecule has 90 valence electrons. The molecule has 1 aliphatic rings. The summed E-state index contributed by atoms with van der Waals surface area (Å²) in [7, 11) is 0. The van der Waals surface area contributed by atoms with Gasteiger partial charge < -0.3 is 15.4 Å². The lowest BCUT2D eigenvalue weighted by atomic mass is 9.95. The van der Waals surface area contributed by atoms with Crippen molar-refractivity contribution >= 4 is 16.7 Å². The second-order valence-corrected chi connectivity index (χ2v) is 4.93. The first-order valence-corrected chi connectivity index (χ1v) is 6.39. The molecule has 0 aliphatic heterocycles. The number of hydrogen-bond acceptors (Lipinski definition) is 2. The van der Waals surface area contributed by atoms with Crippen LogP contribution in [0, 0.1) is 0 Å². The minimum atomic E-state index is 0.309. The van der Waals surface area contributed by atoms with Crippen LogP contribution in [0.3, 0.4) is 0 Å². The van der Waals surface area contributed by atoms with Crippen LogP contribution in [0.5, 0.6) is 5.75 Å². The number of aromatic hydroxyl groups is 1. The van der Waals surface area contributed by atoms with Crippen molar-refractivity contribution in [1.82, 2.24) is 4.98 Å². The molecule has 0 bridgehead atoms. The third-order valence-corrected chi connectivity index (χ3v) is 3.57. The lowest BCUT2D eigenvalue weighted by Crippen LogP contribution is -2.22. The topological polar surface area (TPSA) is 48.0 Å². The molecule has 1 saturated carbocycles. The number of hydrogen-bond donors (Lipinski definition) is 3. The summed E-state index contributed by atoms with van der Waals surface area (Å²) in [6.45, 7) is 0. The Morgan fingerprint density at radius 2 is 1.94 bits per heavy atom. The van der Waals surface area contributed by atoms with Gasteiger partial charge in [-0.3, -0.25) is 0 Å². The van der Waals surface area contributed by atoms with Gasteiger partial charge in [-0.05, 0) is 31.0 Å². The van der Waals surface area contributed by atoms with E-state index in [4.69, 9.17) is 0 Å². The van der Waals surface area contributed by atoms with Crippen LogP contribution in [0.15, 0.2) is 24.3 Å². The fourth-order valence-corrected chi connectivity index (χ4v) is 2.66. The maximum absolute atomic E-state index is 9.42. The average Bonchev–Trinajstić information content (AvgIpc) is 2.71. The Balaban J connectivity index is 1.80. The Hall–Kier alpha value is -1.64. The van der Waals surface area contributed by atoms with Crippen molar-refractivity contribution in [2.24, 2.45) is 0 Å². The summed E-state index contributed by atoms with van der Waals surface area (Å²) >= 11 is 0. The van der Waals surface area contributed by atoms with E-state index in [2.05, 4.69) is 16.4 Å². The zero-order valence-corrected chi connectivity index (χ0v) is 9.87. The monoisotopic (exact) mass is 230 g/mol. The number of nitrogens with one attached hydrogen (secondary N) is 2. The first kappa shape index (κ1) is 10.5. The van der Waals surface area contributed by atoms with Gasteiger partial charge in [0.2, 0.25) is 0 Å². The van der Waals surface area contributed by atoms with Crippen molar-refractivity contribution < 1.29 is 5.11 Å². The molecule has 1 heterocycles. The zero-order valence-electron chi connectivity index (χ0n) is 9.87. The van der Waals surface area contributed by atoms with Gasteiger partial charge >= 0.3 is 0 Å². The molecule has 0 atom stereocenters. The third kappa shape index (κ3) is 2.23. The highest BCUT2D eigenvalue weighted by Gasteiger charge is 2.13. The van der Waals surface area contributed by atoms with Gasteiger partial charge in [-0.1, -0.05) is 19.3 Å². The summed E-state index contributed by atoms with van der Waals surface area (Å²) in [4.78, 5) is 3.31. The molecule has 0 amide bonds. The highest BCUT2D eigenvalue weighted by molar-refractivity contribution is 5.85. The van der Waals surface area contributed by atoms with E-state index < -0.39 is 0 Å². The number of aromatic nitrogens is 1. The smallest absolute Gasteiger partial charge is 0.117 e. The van der Waals surface area contributed by atoms with Gasteiger partial charge in [-0.2, -0.15) is 0 Å². The van der Waals surface area contributed by atoms with E-state index in [9.17, 15) is 5.11 Å². The number of fused-ring (bicyclic) bond motifs is 1. The van der Waals surface area contributed by atoms with Gasteiger partial charge in [0.05, 0.1) is 5.52 Å². The molecule has 17 heavy (non-hydrogen) atoms. The molecule has 3 nitrogen and oxygen atoms in total. The van der Waals surface area contributed by atoms with Crippen molar-refractivity contribution in [2.75, 3.05) is 5.32 Å². The molecule has 2 aromatic rings. The molecule has 1 fully saturated rings. The predicted molar refractivity (Wildman–Crippen MR) is 70.5 cm³/mol. The van der Waals surface area contributed by atoms with Crippen LogP contribution in [0.25, 0.3) is 10.9 Å². The fraction of sp³-hybridized carbons (Fsp3) is 0.429. The quantitative estimate of drug-likeness (QED) is 0.738. The van der Waals surface area contributed by atoms with Gasteiger partial charge in [0, 0.05) is 17.5 Å². The Kier molecular flexibility index (Phi) is 2.67. The standard InChI is InChI=1S/C14H18N2O/c17-12-7-6-10-8-14(16-13(10)9-12)15-11-4-2-1-3-5-11/h6-9,11,15-17H,1-5H2. The minimum Gasteiger partial charge on any atom is -0.508 e. The van der Waals surface area contributed by atoms with Crippen molar-refractivity contribution in [3.63, 3.8) is 0 Å². The lowest BCUT2D eigenvalue weighted by Gasteiger charge is -2.22. The van der Waals surface area contributed by atoms with Gasteiger partial charge in [-0.15, -0.1) is 0 Å². The Morgan fingerprint density at radius 1 is 1.12 bits per heavy atom. The van der Waals surface area contributed by atoms with E-state index in [1.807, 2.05) is 6.07 Å². The van der Waals surface area contributed by atoms with Crippen LogP contribution in [-0.4, -0.2) is 16.1 Å². The highest BCUT2D eigenvalue weighted by atomic mass is 16.3. The molecule has 0 spiro atoms. The van der Waals surface area contributed by atoms with E-state index in [0.29, 0.717) is 11.8 Å². The Morgan fingerprint density at radius 3 is 2.76 bits per heavy atom. The van der Waals surface area contributed by atoms with Crippen LogP contribution < -0.4 is 5.32 Å². The van der Waals surface area contributed by atoms with E-state index in [-0.39, 0.29) is 0 Å². The maximum atomic E-state index is 9.42. The number of anilines is 1. The summed E-state index contributed by atoms with van der Waals surface area (Å²) in [6.07, 6.45) is 6.57. The van der Waals surface area contributed by atoms with E-state index >= 15 is 0 Å². The van der Waals surface area contributed by atoms with Gasteiger partial charge in [0.15, 0.2) is 0 Å². The Bertz CT molecular complexity index is 512. The van der Waals surface area contributed by atoms with Crippen molar-refractivity contribution in [2.45, 2.75) is 38.1 Å². The molecule has 3 heteroatoms. The number of phenols is 1. The number of aromatic amines is 1. The summed E-state index contributed by atoms with van der Waals surface area (Å²) < 4.78 is 0. The maximum Gasteiger partial charge on any atom is 0.117 e. The molecule has 1 aliphatic carbocycles. The average molecular weight is 230 g/mol. The van der Waals surface area contributed by atoms with Crippen molar-refractivity contribution in [3.05, 3.63) is 24.3 Å². The fourth-order valence-electron chi connectivity index (χ4n) is 2.66. The van der Waals surface area contributed by atoms with E-state index in [1.54, 1.807) is 12.1 Å². The van der Waals surface area contributed by atoms with Crippen LogP contribution in [0.4, 0.5) is 5.82 Å². The number of H-pyrrole nitrogens is 1. The molecule has 1 aromatic carbocycles. The highest BCUT2D eigenvalue weighted by Crippen LogP contribution is 2.25. The molecule has 1 aromatic heterocycles. The van der Waals surface area contributed by atoms with E-state index in [0.717, 1.165) is 16.7 Å². The van der Waals surface area contributed by atoms with Crippen molar-refractivity contribution in [3.8, 4) is 5.75 Å². The summed E-state index contributed by atoms with van der Waals surface area (Å²) in [5.74, 6) is 1.38.